The highest BCUT2D eigenvalue weighted by atomic mass is 35.5. The molecule has 0 saturated heterocycles. The van der Waals surface area contributed by atoms with Gasteiger partial charge in [0.1, 0.15) is 0 Å². The van der Waals surface area contributed by atoms with E-state index in [0.29, 0.717) is 0 Å². The molecular weight excluding hydrogens is 324 g/mol. The van der Waals surface area contributed by atoms with Gasteiger partial charge in [-0.1, -0.05) is 29.8 Å². The summed E-state index contributed by atoms with van der Waals surface area (Å²) in [5.41, 5.74) is 0.0482. The standard InChI is InChI=1S/C12H12ClF6NO/c1-20-6-9(7-4-2-3-5-8(7)13)21-10(11(14,15)16)12(17,18)19/h2-5,9-10,20H,6H2,1H3. The summed E-state index contributed by atoms with van der Waals surface area (Å²) in [6.45, 7) is -0.258. The molecule has 1 N–H and O–H groups in total. The molecule has 0 fully saturated rings. The Balaban J connectivity index is 3.09. The highest BCUT2D eigenvalue weighted by molar-refractivity contribution is 6.31. The lowest BCUT2D eigenvalue weighted by Gasteiger charge is -2.28. The predicted octanol–water partition coefficient (Wildman–Crippen LogP) is 4.11. The minimum absolute atomic E-state index is 0.0286. The zero-order valence-electron chi connectivity index (χ0n) is 10.7. The van der Waals surface area contributed by atoms with E-state index in [4.69, 9.17) is 11.6 Å². The molecule has 0 heterocycles. The number of benzene rings is 1. The summed E-state index contributed by atoms with van der Waals surface area (Å²) in [6.07, 6.45) is -16.5. The molecular formula is C12H12ClF6NO. The van der Waals surface area contributed by atoms with Crippen molar-refractivity contribution in [2.45, 2.75) is 24.6 Å². The molecule has 9 heteroatoms. The van der Waals surface area contributed by atoms with Crippen LogP contribution in [0.1, 0.15) is 11.7 Å². The Labute approximate surface area is 122 Å². The van der Waals surface area contributed by atoms with Gasteiger partial charge in [0.25, 0.3) is 0 Å². The molecule has 120 valence electrons. The summed E-state index contributed by atoms with van der Waals surface area (Å²) >= 11 is 5.80. The highest BCUT2D eigenvalue weighted by Crippen LogP contribution is 2.39. The van der Waals surface area contributed by atoms with Gasteiger partial charge in [0.05, 0.1) is 6.10 Å². The first kappa shape index (κ1) is 18.1. The number of rotatable bonds is 5. The van der Waals surface area contributed by atoms with Gasteiger partial charge in [-0.05, 0) is 13.1 Å². The van der Waals surface area contributed by atoms with Crippen LogP contribution in [0.2, 0.25) is 5.02 Å². The molecule has 21 heavy (non-hydrogen) atoms. The summed E-state index contributed by atoms with van der Waals surface area (Å²) in [6, 6.07) is 5.63. The third kappa shape index (κ3) is 5.05. The number of hydrogen-bond acceptors (Lipinski definition) is 2. The van der Waals surface area contributed by atoms with Crippen molar-refractivity contribution in [2.24, 2.45) is 0 Å². The largest absolute Gasteiger partial charge is 0.423 e. The first-order valence-corrected chi connectivity index (χ1v) is 6.13. The fourth-order valence-corrected chi connectivity index (χ4v) is 1.91. The second-order valence-corrected chi connectivity index (χ2v) is 4.57. The number of alkyl halides is 6. The molecule has 0 aliphatic heterocycles. The number of nitrogens with one attached hydrogen (secondary N) is 1. The Morgan fingerprint density at radius 2 is 1.62 bits per heavy atom. The topological polar surface area (TPSA) is 21.3 Å². The van der Waals surface area contributed by atoms with Gasteiger partial charge in [-0.15, -0.1) is 0 Å². The molecule has 0 aliphatic rings. The molecule has 0 bridgehead atoms. The van der Waals surface area contributed by atoms with Crippen molar-refractivity contribution >= 4 is 11.6 Å². The van der Waals surface area contributed by atoms with Crippen LogP contribution in [0.25, 0.3) is 0 Å². The molecule has 2 nitrogen and oxygen atoms in total. The maximum atomic E-state index is 12.5. The van der Waals surface area contributed by atoms with Crippen molar-refractivity contribution in [2.75, 3.05) is 13.6 Å². The van der Waals surface area contributed by atoms with E-state index in [-0.39, 0.29) is 17.1 Å². The summed E-state index contributed by atoms with van der Waals surface area (Å²) in [4.78, 5) is 0. The molecule has 0 spiro atoms. The average molecular weight is 336 g/mol. The van der Waals surface area contributed by atoms with E-state index in [1.807, 2.05) is 0 Å². The van der Waals surface area contributed by atoms with Crippen LogP contribution in [-0.4, -0.2) is 32.0 Å². The van der Waals surface area contributed by atoms with E-state index >= 15 is 0 Å². The van der Waals surface area contributed by atoms with Crippen LogP contribution in [0.4, 0.5) is 26.3 Å². The zero-order valence-corrected chi connectivity index (χ0v) is 11.5. The third-order valence-corrected chi connectivity index (χ3v) is 2.88. The fraction of sp³-hybridized carbons (Fsp3) is 0.500. The van der Waals surface area contributed by atoms with Crippen molar-refractivity contribution in [3.63, 3.8) is 0 Å². The van der Waals surface area contributed by atoms with Gasteiger partial charge in [0.2, 0.25) is 6.10 Å². The van der Waals surface area contributed by atoms with Gasteiger partial charge >= 0.3 is 12.4 Å². The van der Waals surface area contributed by atoms with Crippen molar-refractivity contribution in [3.8, 4) is 0 Å². The van der Waals surface area contributed by atoms with E-state index < -0.39 is 24.6 Å². The second-order valence-electron chi connectivity index (χ2n) is 4.17. The maximum absolute atomic E-state index is 12.5. The van der Waals surface area contributed by atoms with Crippen LogP contribution in [0.3, 0.4) is 0 Å². The monoisotopic (exact) mass is 335 g/mol. The van der Waals surface area contributed by atoms with Gasteiger partial charge in [0.15, 0.2) is 0 Å². The second kappa shape index (κ2) is 6.85. The molecule has 1 unspecified atom stereocenters. The first-order chi connectivity index (χ1) is 9.57. The Morgan fingerprint density at radius 1 is 1.10 bits per heavy atom. The highest BCUT2D eigenvalue weighted by Gasteiger charge is 2.58. The van der Waals surface area contributed by atoms with E-state index in [1.54, 1.807) is 0 Å². The molecule has 1 atom stereocenters. The lowest BCUT2D eigenvalue weighted by Crippen LogP contribution is -2.46. The van der Waals surface area contributed by atoms with E-state index in [1.165, 1.54) is 31.3 Å². The normalized spacial score (nSPS) is 14.5. The average Bonchev–Trinajstić information content (AvgIpc) is 2.32. The SMILES string of the molecule is CNCC(OC(C(F)(F)F)C(F)(F)F)c1ccccc1Cl. The van der Waals surface area contributed by atoms with Gasteiger partial charge in [0, 0.05) is 17.1 Å². The van der Waals surface area contributed by atoms with Crippen LogP contribution in [0, 0.1) is 0 Å². The molecule has 0 aromatic heterocycles. The van der Waals surface area contributed by atoms with Crippen molar-refractivity contribution < 1.29 is 31.1 Å². The summed E-state index contributed by atoms with van der Waals surface area (Å²) in [5.74, 6) is 0. The minimum Gasteiger partial charge on any atom is -0.351 e. The summed E-state index contributed by atoms with van der Waals surface area (Å²) in [5, 5.41) is 2.51. The smallest absolute Gasteiger partial charge is 0.351 e. The first-order valence-electron chi connectivity index (χ1n) is 5.75. The quantitative estimate of drug-likeness (QED) is 0.818. The molecule has 0 aliphatic carbocycles. The molecule has 1 rings (SSSR count). The fourth-order valence-electron chi connectivity index (χ4n) is 1.66. The van der Waals surface area contributed by atoms with Crippen LogP contribution in [0.5, 0.6) is 0 Å². The lowest BCUT2D eigenvalue weighted by atomic mass is 10.1. The lowest BCUT2D eigenvalue weighted by molar-refractivity contribution is -0.331. The van der Waals surface area contributed by atoms with Crippen molar-refractivity contribution in [3.05, 3.63) is 34.9 Å². The van der Waals surface area contributed by atoms with Crippen LogP contribution in [0.15, 0.2) is 24.3 Å². The van der Waals surface area contributed by atoms with Crippen molar-refractivity contribution in [1.82, 2.24) is 5.32 Å². The molecule has 0 radical (unpaired) electrons. The van der Waals surface area contributed by atoms with Gasteiger partial charge in [-0.2, -0.15) is 26.3 Å². The van der Waals surface area contributed by atoms with Gasteiger partial charge in [-0.3, -0.25) is 0 Å². The Hall–Kier alpha value is -0.990. The van der Waals surface area contributed by atoms with E-state index in [9.17, 15) is 26.3 Å². The number of likely N-dealkylation sites (N-methyl/N-ethyl adjacent to an activating group) is 1. The minimum atomic E-state index is -5.56. The number of ether oxygens (including phenoxy) is 1. The summed E-state index contributed by atoms with van der Waals surface area (Å²) in [7, 11) is 1.38. The molecule has 0 amide bonds. The van der Waals surface area contributed by atoms with Crippen LogP contribution < -0.4 is 5.32 Å². The summed E-state index contributed by atoms with van der Waals surface area (Å²) < 4.78 is 79.5. The van der Waals surface area contributed by atoms with Gasteiger partial charge in [-0.25, -0.2) is 0 Å². The number of halogens is 7. The van der Waals surface area contributed by atoms with Crippen LogP contribution >= 0.6 is 11.6 Å². The molecule has 1 aromatic carbocycles. The van der Waals surface area contributed by atoms with E-state index in [0.717, 1.165) is 0 Å². The maximum Gasteiger partial charge on any atom is 0.423 e. The Morgan fingerprint density at radius 3 is 2.05 bits per heavy atom. The Kier molecular flexibility index (Phi) is 5.89. The molecule has 1 aromatic rings. The van der Waals surface area contributed by atoms with Crippen molar-refractivity contribution in [1.29, 1.82) is 0 Å². The predicted molar refractivity (Wildman–Crippen MR) is 65.1 cm³/mol. The van der Waals surface area contributed by atoms with Crippen LogP contribution in [-0.2, 0) is 4.74 Å². The Bertz CT molecular complexity index is 448. The zero-order chi connectivity index (χ0) is 16.3. The van der Waals surface area contributed by atoms with E-state index in [2.05, 4.69) is 10.1 Å². The molecule has 0 saturated carbocycles. The third-order valence-electron chi connectivity index (χ3n) is 2.54. The number of hydrogen-bond donors (Lipinski definition) is 1. The van der Waals surface area contributed by atoms with Gasteiger partial charge < -0.3 is 10.1 Å².